The minimum Gasteiger partial charge on any atom is -0.497 e. The molecule has 0 saturated carbocycles. The number of anilines is 1. The first-order valence-corrected chi connectivity index (χ1v) is 9.12. The third-order valence-electron chi connectivity index (χ3n) is 4.22. The van der Waals surface area contributed by atoms with Gasteiger partial charge in [-0.3, -0.25) is 10.1 Å². The molecule has 8 heteroatoms. The Morgan fingerprint density at radius 3 is 2.65 bits per heavy atom. The van der Waals surface area contributed by atoms with Crippen LogP contribution < -0.4 is 10.1 Å². The molecule has 26 heavy (non-hydrogen) atoms. The van der Waals surface area contributed by atoms with Gasteiger partial charge in [-0.15, -0.1) is 11.8 Å². The molecular formula is C18H19N3O4S. The monoisotopic (exact) mass is 373 g/mol. The van der Waals surface area contributed by atoms with Crippen molar-refractivity contribution in [1.82, 2.24) is 4.90 Å². The van der Waals surface area contributed by atoms with E-state index in [0.717, 1.165) is 28.3 Å². The zero-order chi connectivity index (χ0) is 18.7. The summed E-state index contributed by atoms with van der Waals surface area (Å²) in [4.78, 5) is 24.9. The second kappa shape index (κ2) is 7.65. The van der Waals surface area contributed by atoms with Crippen LogP contribution in [-0.4, -0.2) is 35.3 Å². The van der Waals surface area contributed by atoms with Crippen molar-refractivity contribution in [2.75, 3.05) is 24.7 Å². The Morgan fingerprint density at radius 1 is 1.31 bits per heavy atom. The fraction of sp³-hybridized carbons (Fsp3) is 0.278. The zero-order valence-corrected chi connectivity index (χ0v) is 15.3. The number of carbonyl (C=O) groups is 1. The van der Waals surface area contributed by atoms with Gasteiger partial charge in [-0.2, -0.15) is 0 Å². The van der Waals surface area contributed by atoms with E-state index in [4.69, 9.17) is 4.74 Å². The van der Waals surface area contributed by atoms with E-state index in [1.165, 1.54) is 12.1 Å². The van der Waals surface area contributed by atoms with Crippen LogP contribution in [0.4, 0.5) is 16.2 Å². The van der Waals surface area contributed by atoms with Crippen LogP contribution in [0.3, 0.4) is 0 Å². The Hall–Kier alpha value is -2.74. The van der Waals surface area contributed by atoms with Crippen LogP contribution in [0.15, 0.2) is 42.5 Å². The van der Waals surface area contributed by atoms with Crippen molar-refractivity contribution in [2.45, 2.75) is 12.3 Å². The predicted octanol–water partition coefficient (Wildman–Crippen LogP) is 4.19. The highest BCUT2D eigenvalue weighted by Gasteiger charge is 2.31. The molecule has 2 aromatic carbocycles. The summed E-state index contributed by atoms with van der Waals surface area (Å²) in [6.45, 7) is 2.53. The number of nitro benzene ring substituents is 1. The van der Waals surface area contributed by atoms with E-state index >= 15 is 0 Å². The summed E-state index contributed by atoms with van der Waals surface area (Å²) in [7, 11) is 1.60. The number of amides is 2. The first-order chi connectivity index (χ1) is 12.5. The molecular weight excluding hydrogens is 354 g/mol. The quantitative estimate of drug-likeness (QED) is 0.641. The van der Waals surface area contributed by atoms with Gasteiger partial charge in [0.2, 0.25) is 0 Å². The van der Waals surface area contributed by atoms with E-state index in [0.29, 0.717) is 6.54 Å². The van der Waals surface area contributed by atoms with Gasteiger partial charge in [-0.05, 0) is 48.4 Å². The molecule has 0 spiro atoms. The molecule has 2 aromatic rings. The van der Waals surface area contributed by atoms with Crippen molar-refractivity contribution >= 4 is 29.2 Å². The molecule has 1 fully saturated rings. The SMILES string of the molecule is COc1ccc(NC(=O)N2CCSC2c2ccc([N+](=O)[O-])cc2)c(C)c1. The van der Waals surface area contributed by atoms with Gasteiger partial charge in [0.15, 0.2) is 0 Å². The van der Waals surface area contributed by atoms with E-state index in [-0.39, 0.29) is 17.1 Å². The maximum Gasteiger partial charge on any atom is 0.323 e. The standard InChI is InChI=1S/C18H19N3O4S/c1-12-11-15(25-2)7-8-16(12)19-18(22)20-9-10-26-17(20)13-3-5-14(6-4-13)21(23)24/h3-8,11,17H,9-10H2,1-2H3,(H,19,22). The molecule has 1 aliphatic heterocycles. The molecule has 1 saturated heterocycles. The molecule has 1 unspecified atom stereocenters. The summed E-state index contributed by atoms with van der Waals surface area (Å²) in [5.74, 6) is 1.55. The zero-order valence-electron chi connectivity index (χ0n) is 14.5. The van der Waals surface area contributed by atoms with E-state index < -0.39 is 4.92 Å². The lowest BCUT2D eigenvalue weighted by molar-refractivity contribution is -0.384. The van der Waals surface area contributed by atoms with Crippen LogP contribution in [0.25, 0.3) is 0 Å². The van der Waals surface area contributed by atoms with Crippen LogP contribution in [0, 0.1) is 17.0 Å². The van der Waals surface area contributed by atoms with Crippen LogP contribution >= 0.6 is 11.8 Å². The molecule has 0 aromatic heterocycles. The van der Waals surface area contributed by atoms with Gasteiger partial charge in [0.05, 0.1) is 12.0 Å². The lowest BCUT2D eigenvalue weighted by atomic mass is 10.2. The number of nitrogens with one attached hydrogen (secondary N) is 1. The summed E-state index contributed by atoms with van der Waals surface area (Å²) < 4.78 is 5.18. The number of methoxy groups -OCH3 is 1. The van der Waals surface area contributed by atoms with E-state index in [1.807, 2.05) is 19.1 Å². The third-order valence-corrected chi connectivity index (χ3v) is 5.48. The highest BCUT2D eigenvalue weighted by Crippen LogP contribution is 2.38. The van der Waals surface area contributed by atoms with Crippen molar-refractivity contribution in [3.05, 3.63) is 63.7 Å². The molecule has 1 aliphatic rings. The second-order valence-corrected chi connectivity index (χ2v) is 7.06. The number of urea groups is 1. The number of non-ortho nitro benzene ring substituents is 1. The van der Waals surface area contributed by atoms with Gasteiger partial charge in [0.1, 0.15) is 11.1 Å². The summed E-state index contributed by atoms with van der Waals surface area (Å²) in [5, 5.41) is 13.6. The Morgan fingerprint density at radius 2 is 2.04 bits per heavy atom. The molecule has 1 heterocycles. The molecule has 3 rings (SSSR count). The number of carbonyl (C=O) groups excluding carboxylic acids is 1. The van der Waals surface area contributed by atoms with Crippen LogP contribution in [-0.2, 0) is 0 Å². The van der Waals surface area contributed by atoms with Crippen molar-refractivity contribution in [3.63, 3.8) is 0 Å². The number of thioether (sulfide) groups is 1. The number of nitrogens with zero attached hydrogens (tertiary/aromatic N) is 2. The molecule has 2 amide bonds. The molecule has 0 aliphatic carbocycles. The highest BCUT2D eigenvalue weighted by atomic mass is 32.2. The smallest absolute Gasteiger partial charge is 0.323 e. The summed E-state index contributed by atoms with van der Waals surface area (Å²) in [5.41, 5.74) is 2.56. The van der Waals surface area contributed by atoms with Gasteiger partial charge in [0.25, 0.3) is 5.69 Å². The van der Waals surface area contributed by atoms with Gasteiger partial charge in [-0.25, -0.2) is 4.79 Å². The number of hydrogen-bond acceptors (Lipinski definition) is 5. The number of rotatable bonds is 4. The number of nitro groups is 1. The summed E-state index contributed by atoms with van der Waals surface area (Å²) in [6.07, 6.45) is 0. The van der Waals surface area contributed by atoms with Gasteiger partial charge >= 0.3 is 6.03 Å². The Kier molecular flexibility index (Phi) is 5.32. The second-order valence-electron chi connectivity index (χ2n) is 5.88. The predicted molar refractivity (Wildman–Crippen MR) is 102 cm³/mol. The van der Waals surface area contributed by atoms with Crippen molar-refractivity contribution < 1.29 is 14.5 Å². The summed E-state index contributed by atoms with van der Waals surface area (Å²) >= 11 is 1.64. The highest BCUT2D eigenvalue weighted by molar-refractivity contribution is 7.99. The number of benzene rings is 2. The maximum atomic E-state index is 12.7. The van der Waals surface area contributed by atoms with E-state index in [1.54, 1.807) is 42.0 Å². The largest absolute Gasteiger partial charge is 0.497 e. The summed E-state index contributed by atoms with van der Waals surface area (Å²) in [6, 6.07) is 11.6. The fourth-order valence-corrected chi connectivity index (χ4v) is 4.06. The topological polar surface area (TPSA) is 84.7 Å². The molecule has 7 nitrogen and oxygen atoms in total. The first kappa shape index (κ1) is 18.1. The van der Waals surface area contributed by atoms with Crippen LogP contribution in [0.2, 0.25) is 0 Å². The molecule has 0 bridgehead atoms. The molecule has 1 N–H and O–H groups in total. The first-order valence-electron chi connectivity index (χ1n) is 8.08. The Labute approximate surface area is 155 Å². The maximum absolute atomic E-state index is 12.7. The Bertz CT molecular complexity index is 826. The van der Waals surface area contributed by atoms with Crippen LogP contribution in [0.5, 0.6) is 5.75 Å². The number of ether oxygens (including phenoxy) is 1. The minimum atomic E-state index is -0.428. The molecule has 136 valence electrons. The average molecular weight is 373 g/mol. The van der Waals surface area contributed by atoms with Gasteiger partial charge < -0.3 is 15.0 Å². The van der Waals surface area contributed by atoms with E-state index in [2.05, 4.69) is 5.32 Å². The molecule has 0 radical (unpaired) electrons. The average Bonchev–Trinajstić information content (AvgIpc) is 3.13. The van der Waals surface area contributed by atoms with Gasteiger partial charge in [0, 0.05) is 30.1 Å². The lowest BCUT2D eigenvalue weighted by Crippen LogP contribution is -2.34. The van der Waals surface area contributed by atoms with Gasteiger partial charge in [-0.1, -0.05) is 0 Å². The Balaban J connectivity index is 1.75. The molecule has 1 atom stereocenters. The lowest BCUT2D eigenvalue weighted by Gasteiger charge is -2.25. The van der Waals surface area contributed by atoms with Crippen LogP contribution in [0.1, 0.15) is 16.5 Å². The third kappa shape index (κ3) is 3.75. The minimum absolute atomic E-state index is 0.0432. The van der Waals surface area contributed by atoms with E-state index in [9.17, 15) is 14.9 Å². The fourth-order valence-electron chi connectivity index (χ4n) is 2.81. The number of hydrogen-bond donors (Lipinski definition) is 1. The normalized spacial score (nSPS) is 16.4. The number of aryl methyl sites for hydroxylation is 1. The van der Waals surface area contributed by atoms with Crippen molar-refractivity contribution in [3.8, 4) is 5.75 Å². The van der Waals surface area contributed by atoms with Crippen molar-refractivity contribution in [1.29, 1.82) is 0 Å². The van der Waals surface area contributed by atoms with Crippen molar-refractivity contribution in [2.24, 2.45) is 0 Å².